The normalized spacial score (nSPS) is 10.0. The third-order valence-electron chi connectivity index (χ3n) is 1.82. The number of hydrogen-bond acceptors (Lipinski definition) is 2. The number of hydrogen-bond donors (Lipinski definition) is 0. The highest BCUT2D eigenvalue weighted by Gasteiger charge is 2.00. The molecule has 0 aliphatic heterocycles. The van der Waals surface area contributed by atoms with Gasteiger partial charge >= 0.3 is 0 Å². The molecule has 0 amide bonds. The molecule has 0 atom stereocenters. The van der Waals surface area contributed by atoms with Crippen molar-refractivity contribution in [3.63, 3.8) is 0 Å². The minimum absolute atomic E-state index is 0.179. The lowest BCUT2D eigenvalue weighted by atomic mass is 10.2. The van der Waals surface area contributed by atoms with Gasteiger partial charge in [-0.2, -0.15) is 0 Å². The van der Waals surface area contributed by atoms with Crippen LogP contribution in [0.2, 0.25) is 0 Å². The second-order valence-electron chi connectivity index (χ2n) is 3.12. The third kappa shape index (κ3) is 4.54. The Balaban J connectivity index is 2.33. The molecule has 2 nitrogen and oxygen atoms in total. The number of aldehydes is 1. The molecule has 0 saturated heterocycles. The lowest BCUT2D eigenvalue weighted by Gasteiger charge is -2.05. The van der Waals surface area contributed by atoms with E-state index in [-0.39, 0.29) is 5.75 Å². The van der Waals surface area contributed by atoms with E-state index in [1.54, 1.807) is 0 Å². The van der Waals surface area contributed by atoms with Gasteiger partial charge in [0.2, 0.25) is 0 Å². The van der Waals surface area contributed by atoms with E-state index in [9.17, 15) is 13.6 Å². The average molecular weight is 214 g/mol. The molecule has 0 radical (unpaired) electrons. The molecule has 4 heteroatoms. The lowest BCUT2D eigenvalue weighted by molar-refractivity contribution is -0.107. The molecule has 0 N–H and O–H groups in total. The molecule has 0 aromatic heterocycles. The number of carbonyl (C=O) groups is 1. The van der Waals surface area contributed by atoms with Crippen molar-refractivity contribution in [2.24, 2.45) is 0 Å². The first-order valence-electron chi connectivity index (χ1n) is 4.75. The number of ether oxygens (including phenoxy) is 1. The van der Waals surface area contributed by atoms with Crippen molar-refractivity contribution in [2.75, 3.05) is 6.61 Å². The van der Waals surface area contributed by atoms with Gasteiger partial charge in [0.15, 0.2) is 0 Å². The smallest absolute Gasteiger partial charge is 0.129 e. The summed E-state index contributed by atoms with van der Waals surface area (Å²) in [5.41, 5.74) is 0. The zero-order valence-electron chi connectivity index (χ0n) is 8.21. The van der Waals surface area contributed by atoms with Crippen molar-refractivity contribution >= 4 is 6.29 Å². The Hall–Kier alpha value is -1.45. The average Bonchev–Trinajstić information content (AvgIpc) is 2.16. The molecule has 0 saturated carbocycles. The summed E-state index contributed by atoms with van der Waals surface area (Å²) < 4.78 is 30.5. The topological polar surface area (TPSA) is 26.3 Å². The summed E-state index contributed by atoms with van der Waals surface area (Å²) in [7, 11) is 0. The van der Waals surface area contributed by atoms with Gasteiger partial charge in [0.1, 0.15) is 23.7 Å². The molecule has 1 aromatic carbocycles. The van der Waals surface area contributed by atoms with Gasteiger partial charge in [-0.3, -0.25) is 0 Å². The van der Waals surface area contributed by atoms with Crippen LogP contribution in [0.3, 0.4) is 0 Å². The standard InChI is InChI=1S/C11H12F2O2/c12-9-6-10(13)8-11(7-9)15-5-3-1-2-4-14/h4,6-8H,1-3,5H2. The summed E-state index contributed by atoms with van der Waals surface area (Å²) in [4.78, 5) is 9.99. The molecule has 82 valence electrons. The van der Waals surface area contributed by atoms with Crippen LogP contribution in [0.1, 0.15) is 19.3 Å². The zero-order valence-corrected chi connectivity index (χ0v) is 8.21. The van der Waals surface area contributed by atoms with Crippen LogP contribution in [-0.4, -0.2) is 12.9 Å². The molecule has 0 bridgehead atoms. The number of halogens is 2. The third-order valence-corrected chi connectivity index (χ3v) is 1.82. The van der Waals surface area contributed by atoms with Gasteiger partial charge in [-0.1, -0.05) is 0 Å². The zero-order chi connectivity index (χ0) is 11.1. The van der Waals surface area contributed by atoms with Crippen LogP contribution in [0, 0.1) is 11.6 Å². The van der Waals surface area contributed by atoms with Crippen LogP contribution in [0.5, 0.6) is 5.75 Å². The van der Waals surface area contributed by atoms with Crippen molar-refractivity contribution in [1.82, 2.24) is 0 Å². The molecule has 0 unspecified atom stereocenters. The minimum Gasteiger partial charge on any atom is -0.493 e. The van der Waals surface area contributed by atoms with Gasteiger partial charge in [0.05, 0.1) is 6.61 Å². The molecule has 0 aliphatic carbocycles. The van der Waals surface area contributed by atoms with Crippen LogP contribution >= 0.6 is 0 Å². The Morgan fingerprint density at radius 1 is 1.13 bits per heavy atom. The van der Waals surface area contributed by atoms with Crippen molar-refractivity contribution in [2.45, 2.75) is 19.3 Å². The van der Waals surface area contributed by atoms with E-state index in [1.807, 2.05) is 0 Å². The van der Waals surface area contributed by atoms with Crippen LogP contribution in [0.25, 0.3) is 0 Å². The summed E-state index contributed by atoms with van der Waals surface area (Å²) >= 11 is 0. The summed E-state index contributed by atoms with van der Waals surface area (Å²) in [5, 5.41) is 0. The number of rotatable bonds is 6. The molecule has 0 heterocycles. The summed E-state index contributed by atoms with van der Waals surface area (Å²) in [5.74, 6) is -1.13. The first kappa shape index (κ1) is 11.6. The summed E-state index contributed by atoms with van der Waals surface area (Å²) in [6.07, 6.45) is 2.74. The fraction of sp³-hybridized carbons (Fsp3) is 0.364. The Kier molecular flexibility index (Phi) is 4.74. The second-order valence-corrected chi connectivity index (χ2v) is 3.12. The van der Waals surface area contributed by atoms with E-state index in [4.69, 9.17) is 4.74 Å². The number of benzene rings is 1. The van der Waals surface area contributed by atoms with Crippen LogP contribution in [0.4, 0.5) is 8.78 Å². The molecule has 1 rings (SSSR count). The van der Waals surface area contributed by atoms with Gasteiger partial charge in [0.25, 0.3) is 0 Å². The van der Waals surface area contributed by atoms with Crippen molar-refractivity contribution < 1.29 is 18.3 Å². The van der Waals surface area contributed by atoms with Gasteiger partial charge in [-0.15, -0.1) is 0 Å². The molecular weight excluding hydrogens is 202 g/mol. The Morgan fingerprint density at radius 2 is 1.80 bits per heavy atom. The van der Waals surface area contributed by atoms with E-state index >= 15 is 0 Å². The molecule has 0 aliphatic rings. The van der Waals surface area contributed by atoms with Gasteiger partial charge in [-0.05, 0) is 12.8 Å². The summed E-state index contributed by atoms with van der Waals surface area (Å²) in [6, 6.07) is 3.05. The first-order chi connectivity index (χ1) is 7.22. The van der Waals surface area contributed by atoms with Crippen LogP contribution in [0.15, 0.2) is 18.2 Å². The highest BCUT2D eigenvalue weighted by molar-refractivity contribution is 5.48. The number of carbonyl (C=O) groups excluding carboxylic acids is 1. The van der Waals surface area contributed by atoms with Crippen molar-refractivity contribution in [3.05, 3.63) is 29.8 Å². The molecular formula is C11H12F2O2. The summed E-state index contributed by atoms with van der Waals surface area (Å²) in [6.45, 7) is 0.358. The Morgan fingerprint density at radius 3 is 2.40 bits per heavy atom. The highest BCUT2D eigenvalue weighted by atomic mass is 19.1. The highest BCUT2D eigenvalue weighted by Crippen LogP contribution is 2.15. The van der Waals surface area contributed by atoms with E-state index < -0.39 is 11.6 Å². The molecule has 15 heavy (non-hydrogen) atoms. The second kappa shape index (κ2) is 6.11. The van der Waals surface area contributed by atoms with Crippen LogP contribution in [-0.2, 0) is 4.79 Å². The van der Waals surface area contributed by atoms with Gasteiger partial charge in [0, 0.05) is 24.6 Å². The Labute approximate surface area is 86.9 Å². The number of unbranched alkanes of at least 4 members (excludes halogenated alkanes) is 2. The maximum atomic E-state index is 12.7. The maximum Gasteiger partial charge on any atom is 0.129 e. The first-order valence-corrected chi connectivity index (χ1v) is 4.75. The van der Waals surface area contributed by atoms with Crippen LogP contribution < -0.4 is 4.74 Å². The Bertz CT molecular complexity index is 306. The van der Waals surface area contributed by atoms with E-state index in [1.165, 1.54) is 0 Å². The molecule has 0 fully saturated rings. The predicted molar refractivity (Wildman–Crippen MR) is 51.8 cm³/mol. The van der Waals surface area contributed by atoms with E-state index in [2.05, 4.69) is 0 Å². The minimum atomic E-state index is -0.655. The van der Waals surface area contributed by atoms with Crippen molar-refractivity contribution in [1.29, 1.82) is 0 Å². The largest absolute Gasteiger partial charge is 0.493 e. The van der Waals surface area contributed by atoms with E-state index in [0.29, 0.717) is 19.4 Å². The van der Waals surface area contributed by atoms with Gasteiger partial charge < -0.3 is 9.53 Å². The molecule has 1 aromatic rings. The van der Waals surface area contributed by atoms with Gasteiger partial charge in [-0.25, -0.2) is 8.78 Å². The predicted octanol–water partition coefficient (Wildman–Crippen LogP) is 2.71. The maximum absolute atomic E-state index is 12.7. The lowest BCUT2D eigenvalue weighted by Crippen LogP contribution is -1.98. The fourth-order valence-corrected chi connectivity index (χ4v) is 1.13. The SMILES string of the molecule is O=CCCCCOc1cc(F)cc(F)c1. The quantitative estimate of drug-likeness (QED) is 0.537. The molecule has 0 spiro atoms. The fourth-order valence-electron chi connectivity index (χ4n) is 1.13. The van der Waals surface area contributed by atoms with Crippen molar-refractivity contribution in [3.8, 4) is 5.75 Å². The monoisotopic (exact) mass is 214 g/mol. The van der Waals surface area contributed by atoms with E-state index in [0.717, 1.165) is 30.9 Å².